The standard InChI is InChI=1S/C22H32N2O2/c1-18-6-4-13-23(18)14-5-16-25-21-11-9-19(10-12-21)22-24(15-17-26-22)20-7-2-3-8-20/h9-12,15,17-18,20,22H,2-8,13-14,16H2,1H3. The van der Waals surface area contributed by atoms with Gasteiger partial charge in [0.2, 0.25) is 0 Å². The van der Waals surface area contributed by atoms with Crippen LogP contribution in [0.1, 0.15) is 63.7 Å². The van der Waals surface area contributed by atoms with E-state index in [-0.39, 0.29) is 6.23 Å². The van der Waals surface area contributed by atoms with E-state index in [4.69, 9.17) is 9.47 Å². The molecule has 2 fully saturated rings. The van der Waals surface area contributed by atoms with E-state index in [9.17, 15) is 0 Å². The van der Waals surface area contributed by atoms with Gasteiger partial charge in [-0.3, -0.25) is 0 Å². The molecule has 0 radical (unpaired) electrons. The van der Waals surface area contributed by atoms with Crippen LogP contribution >= 0.6 is 0 Å². The first-order valence-corrected chi connectivity index (χ1v) is 10.4. The molecule has 0 amide bonds. The van der Waals surface area contributed by atoms with Crippen LogP contribution in [-0.4, -0.2) is 41.6 Å². The third kappa shape index (κ3) is 4.01. The minimum Gasteiger partial charge on any atom is -0.494 e. The summed E-state index contributed by atoms with van der Waals surface area (Å²) in [6.45, 7) is 5.53. The molecule has 0 N–H and O–H groups in total. The average molecular weight is 357 g/mol. The third-order valence-electron chi connectivity index (χ3n) is 6.17. The lowest BCUT2D eigenvalue weighted by Crippen LogP contribution is -2.30. The van der Waals surface area contributed by atoms with Crippen molar-refractivity contribution in [2.45, 2.75) is 70.2 Å². The normalized spacial score (nSPS) is 26.6. The average Bonchev–Trinajstić information content (AvgIpc) is 3.41. The summed E-state index contributed by atoms with van der Waals surface area (Å²) in [6.07, 6.45) is 13.0. The van der Waals surface area contributed by atoms with E-state index < -0.39 is 0 Å². The molecule has 1 saturated carbocycles. The predicted octanol–water partition coefficient (Wildman–Crippen LogP) is 4.68. The van der Waals surface area contributed by atoms with Gasteiger partial charge in [-0.05, 0) is 69.8 Å². The van der Waals surface area contributed by atoms with Gasteiger partial charge >= 0.3 is 0 Å². The molecular formula is C22H32N2O2. The van der Waals surface area contributed by atoms with Crippen LogP contribution < -0.4 is 4.74 Å². The topological polar surface area (TPSA) is 24.9 Å². The summed E-state index contributed by atoms with van der Waals surface area (Å²) in [6, 6.07) is 9.85. The molecular weight excluding hydrogens is 324 g/mol. The van der Waals surface area contributed by atoms with Crippen LogP contribution in [0.25, 0.3) is 0 Å². The van der Waals surface area contributed by atoms with Crippen LogP contribution in [-0.2, 0) is 4.74 Å². The van der Waals surface area contributed by atoms with Crippen LogP contribution in [0.5, 0.6) is 5.75 Å². The zero-order valence-corrected chi connectivity index (χ0v) is 16.0. The largest absolute Gasteiger partial charge is 0.494 e. The molecule has 2 unspecified atom stereocenters. The maximum Gasteiger partial charge on any atom is 0.197 e. The quantitative estimate of drug-likeness (QED) is 0.662. The van der Waals surface area contributed by atoms with Crippen LogP contribution in [0.15, 0.2) is 36.7 Å². The van der Waals surface area contributed by atoms with E-state index in [1.807, 2.05) is 6.26 Å². The fourth-order valence-corrected chi connectivity index (χ4v) is 4.61. The van der Waals surface area contributed by atoms with E-state index in [0.717, 1.165) is 31.4 Å². The molecule has 4 rings (SSSR count). The number of hydrogen-bond acceptors (Lipinski definition) is 4. The van der Waals surface area contributed by atoms with Gasteiger partial charge in [0.05, 0.1) is 6.61 Å². The second-order valence-electron chi connectivity index (χ2n) is 7.96. The Labute approximate surface area is 157 Å². The van der Waals surface area contributed by atoms with Crippen LogP contribution in [0.2, 0.25) is 0 Å². The predicted molar refractivity (Wildman–Crippen MR) is 104 cm³/mol. The SMILES string of the molecule is CC1CCCN1CCCOc1ccc(C2OC=CN2C2CCCC2)cc1. The Morgan fingerprint density at radius 3 is 2.62 bits per heavy atom. The molecule has 2 aliphatic heterocycles. The number of benzene rings is 1. The summed E-state index contributed by atoms with van der Waals surface area (Å²) in [5.41, 5.74) is 1.21. The number of ether oxygens (including phenoxy) is 2. The molecule has 4 heteroatoms. The van der Waals surface area contributed by atoms with Crippen molar-refractivity contribution in [1.29, 1.82) is 0 Å². The number of rotatable bonds is 7. The summed E-state index contributed by atoms with van der Waals surface area (Å²) < 4.78 is 11.8. The van der Waals surface area contributed by atoms with Gasteiger partial charge in [0.1, 0.15) is 12.0 Å². The Hall–Kier alpha value is -1.68. The monoisotopic (exact) mass is 356 g/mol. The fraction of sp³-hybridized carbons (Fsp3) is 0.636. The number of nitrogens with zero attached hydrogens (tertiary/aromatic N) is 2. The number of hydrogen-bond donors (Lipinski definition) is 0. The van der Waals surface area contributed by atoms with Gasteiger partial charge < -0.3 is 19.3 Å². The highest BCUT2D eigenvalue weighted by atomic mass is 16.5. The van der Waals surface area contributed by atoms with E-state index >= 15 is 0 Å². The van der Waals surface area contributed by atoms with E-state index in [1.54, 1.807) is 0 Å². The second-order valence-corrected chi connectivity index (χ2v) is 7.96. The van der Waals surface area contributed by atoms with Crippen LogP contribution in [0.3, 0.4) is 0 Å². The summed E-state index contributed by atoms with van der Waals surface area (Å²) in [5.74, 6) is 0.960. The second kappa shape index (κ2) is 8.34. The van der Waals surface area contributed by atoms with Gasteiger partial charge in [-0.2, -0.15) is 0 Å². The van der Waals surface area contributed by atoms with Gasteiger partial charge in [-0.25, -0.2) is 0 Å². The zero-order valence-electron chi connectivity index (χ0n) is 16.0. The van der Waals surface area contributed by atoms with Crippen molar-refractivity contribution < 1.29 is 9.47 Å². The van der Waals surface area contributed by atoms with Crippen molar-refractivity contribution in [2.75, 3.05) is 19.7 Å². The zero-order chi connectivity index (χ0) is 17.8. The van der Waals surface area contributed by atoms with E-state index in [0.29, 0.717) is 6.04 Å². The molecule has 0 aromatic heterocycles. The summed E-state index contributed by atoms with van der Waals surface area (Å²) in [4.78, 5) is 4.97. The van der Waals surface area contributed by atoms with Crippen molar-refractivity contribution in [3.05, 3.63) is 42.3 Å². The number of likely N-dealkylation sites (tertiary alicyclic amines) is 1. The van der Waals surface area contributed by atoms with Crippen LogP contribution in [0, 0.1) is 0 Å². The van der Waals surface area contributed by atoms with Crippen molar-refractivity contribution in [2.24, 2.45) is 0 Å². The van der Waals surface area contributed by atoms with Gasteiger partial charge in [0, 0.05) is 30.4 Å². The lowest BCUT2D eigenvalue weighted by atomic mass is 10.1. The first-order chi connectivity index (χ1) is 12.8. The first kappa shape index (κ1) is 17.7. The highest BCUT2D eigenvalue weighted by Crippen LogP contribution is 2.35. The highest BCUT2D eigenvalue weighted by molar-refractivity contribution is 5.29. The molecule has 1 aromatic carbocycles. The fourth-order valence-electron chi connectivity index (χ4n) is 4.61. The molecule has 0 spiro atoms. The minimum atomic E-state index is 0.0313. The van der Waals surface area contributed by atoms with Gasteiger partial charge in [-0.15, -0.1) is 0 Å². The molecule has 4 nitrogen and oxygen atoms in total. The molecule has 1 aromatic rings. The van der Waals surface area contributed by atoms with E-state index in [1.165, 1.54) is 50.6 Å². The maximum atomic E-state index is 5.95. The van der Waals surface area contributed by atoms with Gasteiger partial charge in [0.15, 0.2) is 6.23 Å². The van der Waals surface area contributed by atoms with Crippen LogP contribution in [0.4, 0.5) is 0 Å². The van der Waals surface area contributed by atoms with E-state index in [2.05, 4.69) is 47.2 Å². The molecule has 0 bridgehead atoms. The molecule has 1 saturated heterocycles. The Morgan fingerprint density at radius 2 is 1.88 bits per heavy atom. The van der Waals surface area contributed by atoms with Gasteiger partial charge in [0.25, 0.3) is 0 Å². The maximum absolute atomic E-state index is 5.95. The smallest absolute Gasteiger partial charge is 0.197 e. The molecule has 1 aliphatic carbocycles. The Bertz CT molecular complexity index is 595. The van der Waals surface area contributed by atoms with Gasteiger partial charge in [-0.1, -0.05) is 12.8 Å². The highest BCUT2D eigenvalue weighted by Gasteiger charge is 2.30. The summed E-state index contributed by atoms with van der Waals surface area (Å²) in [5, 5.41) is 0. The van der Waals surface area contributed by atoms with Crippen molar-refractivity contribution >= 4 is 0 Å². The summed E-state index contributed by atoms with van der Waals surface area (Å²) in [7, 11) is 0. The van der Waals surface area contributed by atoms with Crippen molar-refractivity contribution in [3.63, 3.8) is 0 Å². The Kier molecular flexibility index (Phi) is 5.68. The molecule has 142 valence electrons. The Morgan fingerprint density at radius 1 is 1.08 bits per heavy atom. The first-order valence-electron chi connectivity index (χ1n) is 10.4. The van der Waals surface area contributed by atoms with Crippen molar-refractivity contribution in [1.82, 2.24) is 9.80 Å². The molecule has 26 heavy (non-hydrogen) atoms. The Balaban J connectivity index is 1.25. The molecule has 3 aliphatic rings. The lowest BCUT2D eigenvalue weighted by Gasteiger charge is -2.30. The lowest BCUT2D eigenvalue weighted by molar-refractivity contribution is 0.0322. The molecule has 2 heterocycles. The minimum absolute atomic E-state index is 0.0313. The molecule has 2 atom stereocenters. The summed E-state index contributed by atoms with van der Waals surface area (Å²) >= 11 is 0. The third-order valence-corrected chi connectivity index (χ3v) is 6.17. The van der Waals surface area contributed by atoms with Crippen molar-refractivity contribution in [3.8, 4) is 5.75 Å².